The van der Waals surface area contributed by atoms with Gasteiger partial charge in [0.1, 0.15) is 17.3 Å². The van der Waals surface area contributed by atoms with Crippen LogP contribution in [-0.4, -0.2) is 54.9 Å². The second-order valence-corrected chi connectivity index (χ2v) is 4.67. The van der Waals surface area contributed by atoms with Crippen LogP contribution in [0.1, 0.15) is 23.7 Å². The molecule has 0 aromatic carbocycles. The number of nitrogens with zero attached hydrogens (tertiary/aromatic N) is 4. The van der Waals surface area contributed by atoms with Crippen molar-refractivity contribution in [3.8, 4) is 0 Å². The van der Waals surface area contributed by atoms with Crippen LogP contribution in [0.2, 0.25) is 5.15 Å². The van der Waals surface area contributed by atoms with Gasteiger partial charge in [0.25, 0.3) is 0 Å². The summed E-state index contributed by atoms with van der Waals surface area (Å²) < 4.78 is 0. The molecule has 1 rings (SSSR count). The lowest BCUT2D eigenvalue weighted by molar-refractivity contribution is 0.112. The maximum atomic E-state index is 11.1. The van der Waals surface area contributed by atoms with Gasteiger partial charge in [-0.3, -0.25) is 4.79 Å². The number of anilines is 1. The van der Waals surface area contributed by atoms with E-state index >= 15 is 0 Å². The average Bonchev–Trinajstić information content (AvgIpc) is 2.34. The fraction of sp³-hybridized carbons (Fsp3) is 0.583. The van der Waals surface area contributed by atoms with E-state index in [1.165, 1.54) is 6.33 Å². The molecule has 100 valence electrons. The quantitative estimate of drug-likeness (QED) is 0.558. The second kappa shape index (κ2) is 7.28. The van der Waals surface area contributed by atoms with Gasteiger partial charge in [-0.2, -0.15) is 0 Å². The summed E-state index contributed by atoms with van der Waals surface area (Å²) in [5.74, 6) is 0.619. The van der Waals surface area contributed by atoms with Gasteiger partial charge in [-0.1, -0.05) is 18.5 Å². The Balaban J connectivity index is 2.97. The molecule has 0 saturated heterocycles. The van der Waals surface area contributed by atoms with Crippen molar-refractivity contribution in [3.63, 3.8) is 0 Å². The third-order valence-electron chi connectivity index (χ3n) is 2.54. The van der Waals surface area contributed by atoms with E-state index in [0.717, 1.165) is 32.3 Å². The van der Waals surface area contributed by atoms with E-state index in [4.69, 9.17) is 11.6 Å². The highest BCUT2D eigenvalue weighted by Crippen LogP contribution is 2.21. The third kappa shape index (κ3) is 3.92. The first-order valence-electron chi connectivity index (χ1n) is 5.95. The standard InChI is InChI=1S/C12H19ClN4O/c1-4-5-17(7-6-16(2)3)12-10(8-18)11(13)14-9-15-12/h8-9H,4-7H2,1-3H3. The normalized spacial score (nSPS) is 10.7. The molecular weight excluding hydrogens is 252 g/mol. The van der Waals surface area contributed by atoms with Gasteiger partial charge in [0.2, 0.25) is 0 Å². The molecular formula is C12H19ClN4O. The molecule has 0 bridgehead atoms. The molecule has 1 heterocycles. The van der Waals surface area contributed by atoms with Gasteiger partial charge >= 0.3 is 0 Å². The smallest absolute Gasteiger partial charge is 0.156 e. The maximum Gasteiger partial charge on any atom is 0.156 e. The number of rotatable bonds is 7. The first kappa shape index (κ1) is 14.9. The molecule has 0 aliphatic rings. The van der Waals surface area contributed by atoms with Gasteiger partial charge in [0.15, 0.2) is 6.29 Å². The van der Waals surface area contributed by atoms with Crippen LogP contribution in [0.5, 0.6) is 0 Å². The summed E-state index contributed by atoms with van der Waals surface area (Å²) in [5, 5.41) is 0.209. The predicted molar refractivity (Wildman–Crippen MR) is 73.5 cm³/mol. The lowest BCUT2D eigenvalue weighted by Crippen LogP contribution is -2.33. The Morgan fingerprint density at radius 3 is 2.56 bits per heavy atom. The minimum Gasteiger partial charge on any atom is -0.355 e. The Morgan fingerprint density at radius 1 is 1.28 bits per heavy atom. The van der Waals surface area contributed by atoms with Crippen molar-refractivity contribution >= 4 is 23.7 Å². The van der Waals surface area contributed by atoms with Crippen molar-refractivity contribution in [3.05, 3.63) is 17.0 Å². The van der Waals surface area contributed by atoms with E-state index in [9.17, 15) is 4.79 Å². The Bertz CT molecular complexity index is 398. The van der Waals surface area contributed by atoms with Crippen LogP contribution < -0.4 is 4.90 Å². The molecule has 1 aromatic rings. The first-order valence-corrected chi connectivity index (χ1v) is 6.33. The molecule has 1 aromatic heterocycles. The number of halogens is 1. The van der Waals surface area contributed by atoms with Gasteiger partial charge in [0, 0.05) is 19.6 Å². The highest BCUT2D eigenvalue weighted by atomic mass is 35.5. The molecule has 18 heavy (non-hydrogen) atoms. The fourth-order valence-corrected chi connectivity index (χ4v) is 1.81. The number of carbonyl (C=O) groups is 1. The summed E-state index contributed by atoms with van der Waals surface area (Å²) in [5.41, 5.74) is 0.367. The third-order valence-corrected chi connectivity index (χ3v) is 2.84. The van der Waals surface area contributed by atoms with Crippen LogP contribution in [0.4, 0.5) is 5.82 Å². The monoisotopic (exact) mass is 270 g/mol. The molecule has 0 spiro atoms. The van der Waals surface area contributed by atoms with Crippen LogP contribution in [0.3, 0.4) is 0 Å². The van der Waals surface area contributed by atoms with Crippen LogP contribution >= 0.6 is 11.6 Å². The van der Waals surface area contributed by atoms with Gasteiger partial charge in [-0.15, -0.1) is 0 Å². The SMILES string of the molecule is CCCN(CCN(C)C)c1ncnc(Cl)c1C=O. The van der Waals surface area contributed by atoms with Crippen LogP contribution in [0.15, 0.2) is 6.33 Å². The number of aromatic nitrogens is 2. The zero-order chi connectivity index (χ0) is 13.5. The summed E-state index contributed by atoms with van der Waals surface area (Å²) in [4.78, 5) is 23.3. The van der Waals surface area contributed by atoms with Crippen molar-refractivity contribution in [2.75, 3.05) is 38.6 Å². The molecule has 5 nitrogen and oxygen atoms in total. The zero-order valence-electron chi connectivity index (χ0n) is 11.1. The van der Waals surface area contributed by atoms with E-state index in [1.54, 1.807) is 0 Å². The van der Waals surface area contributed by atoms with Crippen molar-refractivity contribution in [2.24, 2.45) is 0 Å². The fourth-order valence-electron chi connectivity index (χ4n) is 1.63. The molecule has 0 aliphatic heterocycles. The molecule has 0 amide bonds. The average molecular weight is 271 g/mol. The van der Waals surface area contributed by atoms with E-state index in [0.29, 0.717) is 11.4 Å². The van der Waals surface area contributed by atoms with Gasteiger partial charge in [-0.05, 0) is 20.5 Å². The maximum absolute atomic E-state index is 11.1. The first-order chi connectivity index (χ1) is 8.60. The topological polar surface area (TPSA) is 49.3 Å². The van der Waals surface area contributed by atoms with Crippen molar-refractivity contribution in [2.45, 2.75) is 13.3 Å². The van der Waals surface area contributed by atoms with E-state index in [1.807, 2.05) is 14.1 Å². The van der Waals surface area contributed by atoms with E-state index in [-0.39, 0.29) is 5.15 Å². The second-order valence-electron chi connectivity index (χ2n) is 4.31. The molecule has 0 atom stereocenters. The summed E-state index contributed by atoms with van der Waals surface area (Å²) in [6.07, 6.45) is 3.09. The molecule has 0 saturated carbocycles. The van der Waals surface area contributed by atoms with Crippen LogP contribution in [0.25, 0.3) is 0 Å². The number of aldehydes is 1. The number of hydrogen-bond acceptors (Lipinski definition) is 5. The summed E-state index contributed by atoms with van der Waals surface area (Å²) >= 11 is 5.92. The predicted octanol–water partition coefficient (Wildman–Crippen LogP) is 1.72. The minimum atomic E-state index is 0.209. The van der Waals surface area contributed by atoms with Crippen LogP contribution in [-0.2, 0) is 0 Å². The molecule has 0 unspecified atom stereocenters. The Morgan fingerprint density at radius 2 is 2.00 bits per heavy atom. The van der Waals surface area contributed by atoms with E-state index < -0.39 is 0 Å². The zero-order valence-corrected chi connectivity index (χ0v) is 11.8. The van der Waals surface area contributed by atoms with Gasteiger partial charge in [-0.25, -0.2) is 9.97 Å². The highest BCUT2D eigenvalue weighted by Gasteiger charge is 2.15. The Kier molecular flexibility index (Phi) is 6.01. The molecule has 0 aliphatic carbocycles. The lowest BCUT2D eigenvalue weighted by Gasteiger charge is -2.25. The van der Waals surface area contributed by atoms with Crippen molar-refractivity contribution < 1.29 is 4.79 Å². The van der Waals surface area contributed by atoms with Crippen molar-refractivity contribution in [1.29, 1.82) is 0 Å². The molecule has 0 N–H and O–H groups in total. The van der Waals surface area contributed by atoms with Gasteiger partial charge in [0.05, 0.1) is 5.56 Å². The summed E-state index contributed by atoms with van der Waals surface area (Å²) in [6, 6.07) is 0. The number of likely N-dealkylation sites (N-methyl/N-ethyl adjacent to an activating group) is 1. The molecule has 6 heteroatoms. The lowest BCUT2D eigenvalue weighted by atomic mass is 10.3. The molecule has 0 radical (unpaired) electrons. The number of carbonyl (C=O) groups excluding carboxylic acids is 1. The summed E-state index contributed by atoms with van der Waals surface area (Å²) in [6.45, 7) is 4.61. The number of hydrogen-bond donors (Lipinski definition) is 0. The minimum absolute atomic E-state index is 0.209. The van der Waals surface area contributed by atoms with Crippen LogP contribution in [0, 0.1) is 0 Å². The van der Waals surface area contributed by atoms with Crippen molar-refractivity contribution in [1.82, 2.24) is 14.9 Å². The Hall–Kier alpha value is -1.20. The van der Waals surface area contributed by atoms with Gasteiger partial charge < -0.3 is 9.80 Å². The molecule has 0 fully saturated rings. The Labute approximate surface area is 113 Å². The highest BCUT2D eigenvalue weighted by molar-refractivity contribution is 6.32. The van der Waals surface area contributed by atoms with E-state index in [2.05, 4.69) is 26.7 Å². The summed E-state index contributed by atoms with van der Waals surface area (Å²) in [7, 11) is 4.02. The largest absolute Gasteiger partial charge is 0.355 e.